The number of hydrogen-bond acceptors (Lipinski definition) is 3. The van der Waals surface area contributed by atoms with Gasteiger partial charge in [0, 0.05) is 19.3 Å². The molecule has 2 saturated heterocycles. The van der Waals surface area contributed by atoms with Gasteiger partial charge in [0.05, 0.1) is 30.6 Å². The molecule has 2 fully saturated rings. The Morgan fingerprint density at radius 1 is 1.20 bits per heavy atom. The van der Waals surface area contributed by atoms with Crippen LogP contribution in [0.1, 0.15) is 39.5 Å². The summed E-state index contributed by atoms with van der Waals surface area (Å²) < 4.78 is 8.65. The number of fused-ring (bicyclic) bond motifs is 1. The van der Waals surface area contributed by atoms with E-state index < -0.39 is 6.42 Å². The monoisotopic (exact) mass is 376 g/mol. The Labute approximate surface area is 155 Å². The van der Waals surface area contributed by atoms with E-state index in [4.69, 9.17) is 16.3 Å². The average Bonchev–Trinajstić information content (AvgIpc) is 3.22. The third-order valence-corrected chi connectivity index (χ3v) is 8.98. The van der Waals surface area contributed by atoms with E-state index in [1.165, 1.54) is 42.6 Å². The van der Waals surface area contributed by atoms with Crippen LogP contribution in [0.2, 0.25) is 0 Å². The number of hydrogen-bond donors (Lipinski definition) is 2. The number of quaternary nitrogens is 1. The first-order valence-corrected chi connectivity index (χ1v) is 12.0. The fourth-order valence-electron chi connectivity index (χ4n) is 4.06. The summed E-state index contributed by atoms with van der Waals surface area (Å²) in [5.41, 5.74) is 7.38. The molecule has 0 radical (unpaired) electrons. The first kappa shape index (κ1) is 17.3. The summed E-state index contributed by atoms with van der Waals surface area (Å²) in [5.74, 6) is 0. The number of likely N-dealkylation sites (tertiary alicyclic amines) is 1. The Morgan fingerprint density at radius 3 is 2.60 bits per heavy atom. The maximum Gasteiger partial charge on any atom is 0.212 e. The van der Waals surface area contributed by atoms with Crippen LogP contribution in [0.25, 0.3) is 0 Å². The van der Waals surface area contributed by atoms with Crippen LogP contribution < -0.4 is 15.1 Å². The molecular formula is C19H27N3OPS+. The van der Waals surface area contributed by atoms with Gasteiger partial charge in [-0.1, -0.05) is 24.3 Å². The van der Waals surface area contributed by atoms with Gasteiger partial charge in [0.15, 0.2) is 0 Å². The molecule has 0 unspecified atom stereocenters. The van der Waals surface area contributed by atoms with Crippen LogP contribution in [0.4, 0.5) is 5.69 Å². The molecule has 2 heterocycles. The predicted molar refractivity (Wildman–Crippen MR) is 107 cm³/mol. The fraction of sp³-hybridized carbons (Fsp3) is 0.474. The molecule has 0 amide bonds. The maximum atomic E-state index is 6.50. The molecule has 0 aromatic heterocycles. The highest BCUT2D eigenvalue weighted by Crippen LogP contribution is 2.67. The van der Waals surface area contributed by atoms with E-state index in [9.17, 15) is 0 Å². The number of benzene rings is 1. The van der Waals surface area contributed by atoms with Crippen LogP contribution in [0.5, 0.6) is 0 Å². The van der Waals surface area contributed by atoms with Crippen LogP contribution in [0.15, 0.2) is 53.1 Å². The van der Waals surface area contributed by atoms with E-state index in [2.05, 4.69) is 54.4 Å². The normalized spacial score (nSPS) is 26.8. The summed E-state index contributed by atoms with van der Waals surface area (Å²) in [5, 5.41) is 1.29. The summed E-state index contributed by atoms with van der Waals surface area (Å²) >= 11 is 6.30. The molecule has 1 aromatic rings. The highest BCUT2D eigenvalue weighted by atomic mass is 32.4. The zero-order valence-corrected chi connectivity index (χ0v) is 16.7. The molecule has 1 atom stereocenters. The van der Waals surface area contributed by atoms with Crippen molar-refractivity contribution >= 4 is 23.9 Å². The van der Waals surface area contributed by atoms with Gasteiger partial charge >= 0.3 is 0 Å². The minimum atomic E-state index is -2.35. The van der Waals surface area contributed by atoms with Crippen LogP contribution in [0.3, 0.4) is 0 Å². The summed E-state index contributed by atoms with van der Waals surface area (Å²) in [4.78, 5) is 1.62. The van der Waals surface area contributed by atoms with Gasteiger partial charge in [-0.05, 0) is 44.2 Å². The average molecular weight is 376 g/mol. The van der Waals surface area contributed by atoms with Crippen molar-refractivity contribution < 1.29 is 9.42 Å². The van der Waals surface area contributed by atoms with Crippen molar-refractivity contribution in [2.75, 3.05) is 17.9 Å². The van der Waals surface area contributed by atoms with Crippen molar-refractivity contribution in [3.8, 4) is 0 Å². The van der Waals surface area contributed by atoms with E-state index in [-0.39, 0.29) is 6.10 Å². The number of allylic oxidation sites excluding steroid dienone is 3. The second-order valence-electron chi connectivity index (χ2n) is 7.23. The van der Waals surface area contributed by atoms with E-state index in [1.54, 1.807) is 4.90 Å². The molecular weight excluding hydrogens is 349 g/mol. The van der Waals surface area contributed by atoms with E-state index in [1.807, 2.05) is 6.07 Å². The lowest BCUT2D eigenvalue weighted by molar-refractivity contribution is -0.849. The highest BCUT2D eigenvalue weighted by molar-refractivity contribution is 8.15. The fourth-order valence-corrected chi connectivity index (χ4v) is 8.31. The molecule has 134 valence electrons. The van der Waals surface area contributed by atoms with Gasteiger partial charge in [-0.25, -0.2) is 4.78 Å². The third kappa shape index (κ3) is 3.08. The smallest absolute Gasteiger partial charge is 0.212 e. The molecule has 3 aliphatic rings. The van der Waals surface area contributed by atoms with E-state index >= 15 is 0 Å². The van der Waals surface area contributed by atoms with Crippen molar-refractivity contribution in [1.29, 1.82) is 0 Å². The van der Waals surface area contributed by atoms with Crippen molar-refractivity contribution in [3.63, 3.8) is 0 Å². The van der Waals surface area contributed by atoms with Crippen molar-refractivity contribution in [3.05, 3.63) is 53.1 Å². The number of para-hydroxylation sites is 1. The molecule has 1 aliphatic carbocycles. The number of nitrogens with one attached hydrogen (secondary N) is 2. The lowest BCUT2D eigenvalue weighted by atomic mass is 10.1. The summed E-state index contributed by atoms with van der Waals surface area (Å²) in [7, 11) is 0. The number of rotatable bonds is 4. The van der Waals surface area contributed by atoms with E-state index in [0.29, 0.717) is 0 Å². The zero-order valence-electron chi connectivity index (χ0n) is 15.0. The third-order valence-electron chi connectivity index (χ3n) is 5.04. The van der Waals surface area contributed by atoms with Crippen molar-refractivity contribution in [2.24, 2.45) is 0 Å². The van der Waals surface area contributed by atoms with Gasteiger partial charge in [0.2, 0.25) is 6.42 Å². The summed E-state index contributed by atoms with van der Waals surface area (Å²) in [6, 6.07) is 10.4. The molecule has 25 heavy (non-hydrogen) atoms. The summed E-state index contributed by atoms with van der Waals surface area (Å²) in [6.07, 6.45) is 4.88. The molecule has 4 nitrogen and oxygen atoms in total. The second kappa shape index (κ2) is 6.88. The molecule has 0 bridgehead atoms. The molecule has 6 heteroatoms. The minimum absolute atomic E-state index is 0.0995. The standard InChI is InChI=1S/C19H26N3OPS/c1-15(2)23-24(25)19-17(20-22(24)16-9-4-3-5-10-16)11-8-12-18(19)21-13-6-7-14-21/h3-5,9-11,15,20H,6-8,12-14H2,1-2H3/p+1/t24-/m0/s1. The van der Waals surface area contributed by atoms with Gasteiger partial charge in [0.1, 0.15) is 11.0 Å². The lowest BCUT2D eigenvalue weighted by Gasteiger charge is -2.31. The van der Waals surface area contributed by atoms with Gasteiger partial charge in [-0.3, -0.25) is 5.43 Å². The molecule has 0 saturated carbocycles. The van der Waals surface area contributed by atoms with Gasteiger partial charge < -0.3 is 9.42 Å². The Balaban J connectivity index is 1.84. The Morgan fingerprint density at radius 2 is 1.92 bits per heavy atom. The number of nitrogens with zero attached hydrogens (tertiary/aromatic N) is 1. The van der Waals surface area contributed by atoms with Crippen molar-refractivity contribution in [2.45, 2.75) is 45.6 Å². The molecule has 0 spiro atoms. The first-order valence-electron chi connectivity index (χ1n) is 9.29. The van der Waals surface area contributed by atoms with Gasteiger partial charge in [-0.2, -0.15) is 0 Å². The highest BCUT2D eigenvalue weighted by Gasteiger charge is 2.47. The van der Waals surface area contributed by atoms with Crippen molar-refractivity contribution in [1.82, 2.24) is 5.43 Å². The lowest BCUT2D eigenvalue weighted by Crippen LogP contribution is -3.08. The Kier molecular flexibility index (Phi) is 4.76. The van der Waals surface area contributed by atoms with Gasteiger partial charge in [-0.15, -0.1) is 0 Å². The maximum absolute atomic E-state index is 6.50. The predicted octanol–water partition coefficient (Wildman–Crippen LogP) is 3.31. The summed E-state index contributed by atoms with van der Waals surface area (Å²) in [6.45, 7) is 6.64. The molecule has 2 aliphatic heterocycles. The van der Waals surface area contributed by atoms with Gasteiger partial charge in [0.25, 0.3) is 0 Å². The largest absolute Gasteiger partial charge is 0.327 e. The molecule has 4 rings (SSSR count). The Bertz CT molecular complexity index is 753. The number of anilines is 1. The van der Waals surface area contributed by atoms with Crippen LogP contribution >= 0.6 is 6.42 Å². The minimum Gasteiger partial charge on any atom is -0.327 e. The quantitative estimate of drug-likeness (QED) is 0.789. The SMILES string of the molecule is CC(C)O[P@]1(=S)C2=C([NH+]3CCCC3)CCC=C2NN1c1ccccc1. The van der Waals surface area contributed by atoms with Crippen LogP contribution in [-0.4, -0.2) is 19.2 Å². The molecule has 1 aromatic carbocycles. The Hall–Kier alpha value is -1.13. The first-order chi connectivity index (χ1) is 12.1. The van der Waals surface area contributed by atoms with E-state index in [0.717, 1.165) is 18.5 Å². The van der Waals surface area contributed by atoms with Crippen LogP contribution in [0, 0.1) is 0 Å². The second-order valence-corrected chi connectivity index (χ2v) is 10.8. The van der Waals surface area contributed by atoms with Crippen LogP contribution in [-0.2, 0) is 16.3 Å². The zero-order chi connectivity index (χ0) is 17.4. The molecule has 2 N–H and O–H groups in total. The topological polar surface area (TPSA) is 28.9 Å². The number of hydrazine groups is 1.